The molecule has 1 aromatic carbocycles. The molecule has 5 rings (SSSR count). The van der Waals surface area contributed by atoms with Crippen molar-refractivity contribution in [1.82, 2.24) is 19.4 Å². The van der Waals surface area contributed by atoms with Crippen LogP contribution in [0, 0.1) is 0 Å². The van der Waals surface area contributed by atoms with Gasteiger partial charge in [-0.25, -0.2) is 4.98 Å². The van der Waals surface area contributed by atoms with Gasteiger partial charge >= 0.3 is 0 Å². The molecule has 4 aromatic rings. The van der Waals surface area contributed by atoms with Crippen molar-refractivity contribution in [2.75, 3.05) is 49.6 Å². The lowest BCUT2D eigenvalue weighted by Gasteiger charge is -2.37. The number of nitrogens with zero attached hydrogens (tertiary/aromatic N) is 6. The number of rotatable bonds is 5. The molecule has 0 atom stereocenters. The molecule has 0 unspecified atom stereocenters. The van der Waals surface area contributed by atoms with Crippen molar-refractivity contribution in [1.29, 1.82) is 0 Å². The van der Waals surface area contributed by atoms with E-state index in [1.165, 1.54) is 0 Å². The van der Waals surface area contributed by atoms with E-state index in [0.29, 0.717) is 31.7 Å². The summed E-state index contributed by atoms with van der Waals surface area (Å²) in [6, 6.07) is 13.6. The fourth-order valence-electron chi connectivity index (χ4n) is 4.82. The molecular formula is C27H29N7O2. The van der Waals surface area contributed by atoms with Crippen LogP contribution in [0.2, 0.25) is 0 Å². The smallest absolute Gasteiger partial charge is 0.259 e. The standard InChI is InChI=1S/C27H29N7O2/c1-31-18-22(32(2)27(36)20-9-6-10-29-16-20)24-25(34-13-11-33(12-14-34)23(35)15-28)21(17-30-26(24)31)19-7-4-3-5-8-19/h3-10,16-18H,11-15,28H2,1-2H3. The SMILES string of the molecule is CN(C(=O)c1cccnc1)c1cn(C)c2ncc(-c3ccccc3)c(N3CCN(C(=O)CN)CC3)c12. The molecule has 0 saturated carbocycles. The summed E-state index contributed by atoms with van der Waals surface area (Å²) < 4.78 is 1.95. The molecule has 0 spiro atoms. The Balaban J connectivity index is 1.66. The van der Waals surface area contributed by atoms with Gasteiger partial charge in [0, 0.05) is 70.6 Å². The zero-order chi connectivity index (χ0) is 25.2. The van der Waals surface area contributed by atoms with Crippen LogP contribution >= 0.6 is 0 Å². The van der Waals surface area contributed by atoms with Gasteiger partial charge in [-0.15, -0.1) is 0 Å². The highest BCUT2D eigenvalue weighted by Crippen LogP contribution is 2.42. The first-order chi connectivity index (χ1) is 17.5. The zero-order valence-corrected chi connectivity index (χ0v) is 20.5. The van der Waals surface area contributed by atoms with Crippen molar-refractivity contribution < 1.29 is 9.59 Å². The lowest BCUT2D eigenvalue weighted by Crippen LogP contribution is -2.50. The average Bonchev–Trinajstić information content (AvgIpc) is 3.28. The Morgan fingerprint density at radius 2 is 1.78 bits per heavy atom. The van der Waals surface area contributed by atoms with Gasteiger partial charge in [0.25, 0.3) is 5.91 Å². The lowest BCUT2D eigenvalue weighted by molar-refractivity contribution is -0.129. The fraction of sp³-hybridized carbons (Fsp3) is 0.259. The summed E-state index contributed by atoms with van der Waals surface area (Å²) in [4.78, 5) is 40.2. The minimum absolute atomic E-state index is 0.0127. The lowest BCUT2D eigenvalue weighted by atomic mass is 10.0. The van der Waals surface area contributed by atoms with Crippen LogP contribution < -0.4 is 15.5 Å². The number of anilines is 2. The van der Waals surface area contributed by atoms with Gasteiger partial charge in [0.15, 0.2) is 0 Å². The molecule has 4 heterocycles. The number of hydrogen-bond acceptors (Lipinski definition) is 6. The summed E-state index contributed by atoms with van der Waals surface area (Å²) in [5, 5.41) is 0.900. The topological polar surface area (TPSA) is 101 Å². The maximum Gasteiger partial charge on any atom is 0.259 e. The van der Waals surface area contributed by atoms with Crippen LogP contribution in [0.4, 0.5) is 11.4 Å². The fourth-order valence-corrected chi connectivity index (χ4v) is 4.82. The van der Waals surface area contributed by atoms with E-state index in [4.69, 9.17) is 10.7 Å². The molecule has 9 nitrogen and oxygen atoms in total. The van der Waals surface area contributed by atoms with Crippen molar-refractivity contribution in [3.05, 3.63) is 72.8 Å². The Hall–Kier alpha value is -4.24. The van der Waals surface area contributed by atoms with Gasteiger partial charge in [0.05, 0.1) is 28.9 Å². The predicted octanol–water partition coefficient (Wildman–Crippen LogP) is 2.52. The highest BCUT2D eigenvalue weighted by atomic mass is 16.2. The van der Waals surface area contributed by atoms with Crippen molar-refractivity contribution in [3.63, 3.8) is 0 Å². The van der Waals surface area contributed by atoms with Crippen LogP contribution in [0.3, 0.4) is 0 Å². The van der Waals surface area contributed by atoms with E-state index >= 15 is 0 Å². The van der Waals surface area contributed by atoms with Crippen LogP contribution in [-0.2, 0) is 11.8 Å². The third-order valence-corrected chi connectivity index (χ3v) is 6.72. The van der Waals surface area contributed by atoms with Crippen molar-refractivity contribution in [2.24, 2.45) is 12.8 Å². The first-order valence-electron chi connectivity index (χ1n) is 11.9. The second kappa shape index (κ2) is 9.79. The molecule has 9 heteroatoms. The van der Waals surface area contributed by atoms with Gasteiger partial charge in [0.1, 0.15) is 5.65 Å². The summed E-state index contributed by atoms with van der Waals surface area (Å²) in [5.41, 5.74) is 10.7. The second-order valence-corrected chi connectivity index (χ2v) is 8.89. The summed E-state index contributed by atoms with van der Waals surface area (Å²) in [5.74, 6) is -0.190. The van der Waals surface area contributed by atoms with Gasteiger partial charge in [-0.1, -0.05) is 30.3 Å². The number of benzene rings is 1. The Labute approximate surface area is 209 Å². The molecule has 1 aliphatic rings. The molecule has 1 saturated heterocycles. The number of piperazine rings is 1. The molecule has 0 radical (unpaired) electrons. The number of carbonyl (C=O) groups excluding carboxylic acids is 2. The first-order valence-corrected chi connectivity index (χ1v) is 11.9. The quantitative estimate of drug-likeness (QED) is 0.468. The van der Waals surface area contributed by atoms with E-state index in [2.05, 4.69) is 22.0 Å². The van der Waals surface area contributed by atoms with Crippen molar-refractivity contribution in [3.8, 4) is 11.1 Å². The van der Waals surface area contributed by atoms with Crippen LogP contribution in [-0.4, -0.2) is 71.0 Å². The maximum absolute atomic E-state index is 13.4. The van der Waals surface area contributed by atoms with Gasteiger partial charge in [-0.2, -0.15) is 0 Å². The highest BCUT2D eigenvalue weighted by Gasteiger charge is 2.28. The van der Waals surface area contributed by atoms with Crippen LogP contribution in [0.15, 0.2) is 67.3 Å². The van der Waals surface area contributed by atoms with E-state index < -0.39 is 0 Å². The van der Waals surface area contributed by atoms with Crippen LogP contribution in [0.25, 0.3) is 22.2 Å². The molecule has 36 heavy (non-hydrogen) atoms. The third-order valence-electron chi connectivity index (χ3n) is 6.72. The first kappa shape index (κ1) is 23.5. The second-order valence-electron chi connectivity index (χ2n) is 8.89. The number of hydrogen-bond donors (Lipinski definition) is 1. The Morgan fingerprint density at radius 3 is 2.44 bits per heavy atom. The summed E-state index contributed by atoms with van der Waals surface area (Å²) in [7, 11) is 3.71. The normalized spacial score (nSPS) is 13.8. The monoisotopic (exact) mass is 483 g/mol. The van der Waals surface area contributed by atoms with Crippen molar-refractivity contribution in [2.45, 2.75) is 0 Å². The molecule has 1 fully saturated rings. The highest BCUT2D eigenvalue weighted by molar-refractivity contribution is 6.14. The molecule has 2 N–H and O–H groups in total. The Morgan fingerprint density at radius 1 is 1.03 bits per heavy atom. The number of amides is 2. The van der Waals surface area contributed by atoms with Crippen LogP contribution in [0.5, 0.6) is 0 Å². The molecule has 184 valence electrons. The average molecular weight is 484 g/mol. The minimum Gasteiger partial charge on any atom is -0.367 e. The summed E-state index contributed by atoms with van der Waals surface area (Å²) in [6.07, 6.45) is 7.07. The predicted molar refractivity (Wildman–Crippen MR) is 141 cm³/mol. The van der Waals surface area contributed by atoms with Gasteiger partial charge in [0.2, 0.25) is 5.91 Å². The number of aryl methyl sites for hydroxylation is 1. The van der Waals surface area contributed by atoms with Gasteiger partial charge in [-0.3, -0.25) is 14.6 Å². The number of carbonyl (C=O) groups is 2. The number of nitrogens with two attached hydrogens (primary N) is 1. The summed E-state index contributed by atoms with van der Waals surface area (Å²) >= 11 is 0. The Kier molecular flexibility index (Phi) is 6.39. The van der Waals surface area contributed by atoms with E-state index in [1.807, 2.05) is 42.2 Å². The zero-order valence-electron chi connectivity index (χ0n) is 20.5. The molecule has 0 aliphatic carbocycles. The van der Waals surface area contributed by atoms with Crippen molar-refractivity contribution >= 4 is 34.2 Å². The van der Waals surface area contributed by atoms with E-state index in [-0.39, 0.29) is 18.4 Å². The van der Waals surface area contributed by atoms with Gasteiger partial charge < -0.3 is 25.0 Å². The molecule has 3 aromatic heterocycles. The summed E-state index contributed by atoms with van der Waals surface area (Å²) in [6.45, 7) is 2.48. The molecular weight excluding hydrogens is 454 g/mol. The molecule has 2 amide bonds. The number of fused-ring (bicyclic) bond motifs is 1. The number of aromatic nitrogens is 3. The van der Waals surface area contributed by atoms with Crippen LogP contribution in [0.1, 0.15) is 10.4 Å². The molecule has 1 aliphatic heterocycles. The minimum atomic E-state index is -0.148. The van der Waals surface area contributed by atoms with E-state index in [9.17, 15) is 9.59 Å². The largest absolute Gasteiger partial charge is 0.367 e. The Bertz CT molecular complexity index is 1390. The third kappa shape index (κ3) is 4.18. The van der Waals surface area contributed by atoms with E-state index in [1.54, 1.807) is 41.4 Å². The van der Waals surface area contributed by atoms with E-state index in [0.717, 1.165) is 33.5 Å². The number of pyridine rings is 2. The molecule has 0 bridgehead atoms. The van der Waals surface area contributed by atoms with Gasteiger partial charge in [-0.05, 0) is 17.7 Å². The maximum atomic E-state index is 13.4.